The van der Waals surface area contributed by atoms with Crippen molar-refractivity contribution < 1.29 is 14.6 Å². The summed E-state index contributed by atoms with van der Waals surface area (Å²) in [5, 5.41) is 12.6. The van der Waals surface area contributed by atoms with Crippen LogP contribution >= 0.6 is 11.6 Å². The average Bonchev–Trinajstić information content (AvgIpc) is 2.38. The van der Waals surface area contributed by atoms with E-state index in [1.54, 1.807) is 31.2 Å². The van der Waals surface area contributed by atoms with Gasteiger partial charge in [-0.05, 0) is 37.6 Å². The first-order valence-corrected chi connectivity index (χ1v) is 6.28. The molecule has 0 radical (unpaired) electrons. The van der Waals surface area contributed by atoms with Crippen LogP contribution in [0.4, 0.5) is 0 Å². The normalized spacial score (nSPS) is 13.8. The van der Waals surface area contributed by atoms with E-state index in [0.717, 1.165) is 0 Å². The van der Waals surface area contributed by atoms with Gasteiger partial charge in [0.15, 0.2) is 6.10 Å². The number of carbonyl (C=O) groups excluding carboxylic acids is 1. The number of benzene rings is 1. The van der Waals surface area contributed by atoms with Gasteiger partial charge in [-0.3, -0.25) is 4.79 Å². The third-order valence-electron chi connectivity index (χ3n) is 2.48. The lowest BCUT2D eigenvalue weighted by molar-refractivity contribution is -0.127. The number of hydrogen-bond donors (Lipinski definition) is 2. The van der Waals surface area contributed by atoms with Crippen molar-refractivity contribution in [3.05, 3.63) is 29.3 Å². The summed E-state index contributed by atoms with van der Waals surface area (Å²) in [5.41, 5.74) is 0. The Hall–Kier alpha value is -1.26. The molecule has 2 atom stereocenters. The largest absolute Gasteiger partial charge is 0.481 e. The van der Waals surface area contributed by atoms with Crippen LogP contribution in [0.25, 0.3) is 0 Å². The fourth-order valence-electron chi connectivity index (χ4n) is 1.28. The number of rotatable bonds is 6. The molecule has 0 aliphatic heterocycles. The number of aliphatic hydroxyl groups excluding tert-OH is 1. The maximum Gasteiger partial charge on any atom is 0.260 e. The second-order valence-corrected chi connectivity index (χ2v) is 4.46. The number of halogens is 1. The van der Waals surface area contributed by atoms with E-state index >= 15 is 0 Å². The van der Waals surface area contributed by atoms with Gasteiger partial charge in [-0.15, -0.1) is 0 Å². The molecule has 5 heteroatoms. The lowest BCUT2D eigenvalue weighted by Gasteiger charge is -2.16. The number of nitrogens with one attached hydrogen (secondary N) is 1. The van der Waals surface area contributed by atoms with E-state index in [9.17, 15) is 9.90 Å². The standard InChI is InChI=1S/C13H18ClNO3/c1-3-11(16)8-15-13(17)9(2)18-12-6-4-10(14)5-7-12/h4-7,9,11,16H,3,8H2,1-2H3,(H,15,17). The van der Waals surface area contributed by atoms with Gasteiger partial charge in [-0.2, -0.15) is 0 Å². The van der Waals surface area contributed by atoms with Gasteiger partial charge < -0.3 is 15.2 Å². The Kier molecular flexibility index (Phi) is 5.95. The highest BCUT2D eigenvalue weighted by Gasteiger charge is 2.15. The van der Waals surface area contributed by atoms with Gasteiger partial charge in [0.05, 0.1) is 6.10 Å². The van der Waals surface area contributed by atoms with Crippen molar-refractivity contribution in [3.63, 3.8) is 0 Å². The Labute approximate surface area is 112 Å². The first-order chi connectivity index (χ1) is 8.52. The number of carbonyl (C=O) groups is 1. The summed E-state index contributed by atoms with van der Waals surface area (Å²) in [6.45, 7) is 3.75. The molecule has 0 fully saturated rings. The quantitative estimate of drug-likeness (QED) is 0.832. The van der Waals surface area contributed by atoms with Crippen LogP contribution in [-0.4, -0.2) is 29.8 Å². The summed E-state index contributed by atoms with van der Waals surface area (Å²) < 4.78 is 5.44. The van der Waals surface area contributed by atoms with Crippen molar-refractivity contribution in [1.29, 1.82) is 0 Å². The van der Waals surface area contributed by atoms with Crippen LogP contribution in [0, 0.1) is 0 Å². The van der Waals surface area contributed by atoms with Crippen molar-refractivity contribution in [2.45, 2.75) is 32.5 Å². The second-order valence-electron chi connectivity index (χ2n) is 4.02. The monoisotopic (exact) mass is 271 g/mol. The van der Waals surface area contributed by atoms with Crippen molar-refractivity contribution in [1.82, 2.24) is 5.32 Å². The molecule has 0 aliphatic carbocycles. The third-order valence-corrected chi connectivity index (χ3v) is 2.73. The summed E-state index contributed by atoms with van der Waals surface area (Å²) in [7, 11) is 0. The van der Waals surface area contributed by atoms with Crippen LogP contribution < -0.4 is 10.1 Å². The van der Waals surface area contributed by atoms with Crippen molar-refractivity contribution in [2.24, 2.45) is 0 Å². The van der Waals surface area contributed by atoms with Gasteiger partial charge in [0.25, 0.3) is 5.91 Å². The molecule has 100 valence electrons. The van der Waals surface area contributed by atoms with Crippen LogP contribution in [0.5, 0.6) is 5.75 Å². The van der Waals surface area contributed by atoms with E-state index in [-0.39, 0.29) is 12.5 Å². The predicted octanol–water partition coefficient (Wildman–Crippen LogP) is 1.99. The molecule has 18 heavy (non-hydrogen) atoms. The second kappa shape index (κ2) is 7.24. The lowest BCUT2D eigenvalue weighted by Crippen LogP contribution is -2.40. The maximum atomic E-state index is 11.7. The van der Waals surface area contributed by atoms with E-state index < -0.39 is 12.2 Å². The molecule has 0 bridgehead atoms. The summed E-state index contributed by atoms with van der Waals surface area (Å²) >= 11 is 5.75. The molecule has 1 aromatic rings. The van der Waals surface area contributed by atoms with Crippen LogP contribution in [0.3, 0.4) is 0 Å². The van der Waals surface area contributed by atoms with Crippen LogP contribution in [0.1, 0.15) is 20.3 Å². The van der Waals surface area contributed by atoms with Gasteiger partial charge in [0.1, 0.15) is 5.75 Å². The molecule has 4 nitrogen and oxygen atoms in total. The van der Waals surface area contributed by atoms with Crippen molar-refractivity contribution in [2.75, 3.05) is 6.54 Å². The van der Waals surface area contributed by atoms with E-state index in [4.69, 9.17) is 16.3 Å². The van der Waals surface area contributed by atoms with Gasteiger partial charge in [0.2, 0.25) is 0 Å². The van der Waals surface area contributed by atoms with Crippen LogP contribution in [0.15, 0.2) is 24.3 Å². The maximum absolute atomic E-state index is 11.7. The van der Waals surface area contributed by atoms with Crippen LogP contribution in [-0.2, 0) is 4.79 Å². The molecule has 2 N–H and O–H groups in total. The minimum Gasteiger partial charge on any atom is -0.481 e. The smallest absolute Gasteiger partial charge is 0.260 e. The van der Waals surface area contributed by atoms with Crippen molar-refractivity contribution in [3.8, 4) is 5.75 Å². The Morgan fingerprint density at radius 1 is 1.44 bits per heavy atom. The highest BCUT2D eigenvalue weighted by atomic mass is 35.5. The Morgan fingerprint density at radius 2 is 2.06 bits per heavy atom. The zero-order valence-corrected chi connectivity index (χ0v) is 11.3. The highest BCUT2D eigenvalue weighted by Crippen LogP contribution is 2.16. The molecular weight excluding hydrogens is 254 g/mol. The van der Waals surface area contributed by atoms with Crippen molar-refractivity contribution >= 4 is 17.5 Å². The molecule has 0 heterocycles. The topological polar surface area (TPSA) is 58.6 Å². The molecule has 1 amide bonds. The molecule has 0 aromatic heterocycles. The zero-order valence-electron chi connectivity index (χ0n) is 10.5. The molecule has 0 spiro atoms. The molecule has 0 saturated heterocycles. The first-order valence-electron chi connectivity index (χ1n) is 5.91. The summed E-state index contributed by atoms with van der Waals surface area (Å²) in [4.78, 5) is 11.7. The van der Waals surface area contributed by atoms with E-state index in [1.807, 2.05) is 6.92 Å². The van der Waals surface area contributed by atoms with E-state index in [2.05, 4.69) is 5.32 Å². The number of aliphatic hydroxyl groups is 1. The lowest BCUT2D eigenvalue weighted by atomic mass is 10.2. The first kappa shape index (κ1) is 14.8. The molecule has 2 unspecified atom stereocenters. The van der Waals surface area contributed by atoms with E-state index in [0.29, 0.717) is 17.2 Å². The molecule has 0 saturated carbocycles. The summed E-state index contributed by atoms with van der Waals surface area (Å²) in [6.07, 6.45) is -0.529. The Balaban J connectivity index is 2.42. The minimum absolute atomic E-state index is 0.240. The predicted molar refractivity (Wildman–Crippen MR) is 70.8 cm³/mol. The Morgan fingerprint density at radius 3 is 2.61 bits per heavy atom. The fourth-order valence-corrected chi connectivity index (χ4v) is 1.40. The molecular formula is C13H18ClNO3. The van der Waals surface area contributed by atoms with Gasteiger partial charge in [-0.1, -0.05) is 18.5 Å². The zero-order chi connectivity index (χ0) is 13.5. The van der Waals surface area contributed by atoms with Gasteiger partial charge >= 0.3 is 0 Å². The molecule has 0 aliphatic rings. The number of amides is 1. The highest BCUT2D eigenvalue weighted by molar-refractivity contribution is 6.30. The fraction of sp³-hybridized carbons (Fsp3) is 0.462. The summed E-state index contributed by atoms with van der Waals surface area (Å²) in [5.74, 6) is 0.329. The molecule has 1 aromatic carbocycles. The number of ether oxygens (including phenoxy) is 1. The Bertz CT molecular complexity index is 380. The third kappa shape index (κ3) is 4.94. The minimum atomic E-state index is -0.616. The SMILES string of the molecule is CCC(O)CNC(=O)C(C)Oc1ccc(Cl)cc1. The number of hydrogen-bond acceptors (Lipinski definition) is 3. The van der Waals surface area contributed by atoms with Gasteiger partial charge in [-0.25, -0.2) is 0 Å². The van der Waals surface area contributed by atoms with Crippen LogP contribution in [0.2, 0.25) is 5.02 Å². The molecule has 1 rings (SSSR count). The summed E-state index contributed by atoms with van der Waals surface area (Å²) in [6, 6.07) is 6.80. The average molecular weight is 272 g/mol. The van der Waals surface area contributed by atoms with Gasteiger partial charge in [0, 0.05) is 11.6 Å². The van der Waals surface area contributed by atoms with E-state index in [1.165, 1.54) is 0 Å².